The van der Waals surface area contributed by atoms with E-state index in [1.807, 2.05) is 60.1 Å². The molecular formula is C30H26F2N10O2. The number of benzene rings is 2. The molecule has 0 saturated carbocycles. The standard InChI is InChI=1S/C30H26F2N10O2/c1-39-18-33-17-24(39)20-7-8-22-25(16-20)44-28(35-22)21-9-10-34-23(15-21)29(43)41-13-11-40(12-14-41)26(19-5-3-2-4-6-19)27-36-38-42(37-27)30(31)32/h2-10,15-18,26,30H,11-14H2,1H3/t26-/m0/s1. The smallest absolute Gasteiger partial charge is 0.350 e. The zero-order valence-corrected chi connectivity index (χ0v) is 23.5. The topological polar surface area (TPSA) is 124 Å². The van der Waals surface area contributed by atoms with Gasteiger partial charge in [0.1, 0.15) is 11.2 Å². The number of nitrogens with zero attached hydrogens (tertiary/aromatic N) is 10. The van der Waals surface area contributed by atoms with E-state index in [4.69, 9.17) is 4.42 Å². The minimum atomic E-state index is -2.88. The monoisotopic (exact) mass is 596 g/mol. The van der Waals surface area contributed by atoms with Crippen molar-refractivity contribution in [2.75, 3.05) is 26.2 Å². The van der Waals surface area contributed by atoms with Crippen LogP contribution in [0, 0.1) is 0 Å². The molecule has 44 heavy (non-hydrogen) atoms. The number of imidazole rings is 1. The summed E-state index contributed by atoms with van der Waals surface area (Å²) in [6, 6.07) is 18.1. The van der Waals surface area contributed by atoms with Crippen LogP contribution in [-0.4, -0.2) is 81.6 Å². The van der Waals surface area contributed by atoms with E-state index in [1.54, 1.807) is 35.8 Å². The second-order valence-corrected chi connectivity index (χ2v) is 10.4. The van der Waals surface area contributed by atoms with Crippen molar-refractivity contribution < 1.29 is 18.0 Å². The molecule has 2 aromatic carbocycles. The summed E-state index contributed by atoms with van der Waals surface area (Å²) >= 11 is 0. The Bertz CT molecular complexity index is 1930. The lowest BCUT2D eigenvalue weighted by atomic mass is 10.0. The van der Waals surface area contributed by atoms with E-state index in [2.05, 4.69) is 35.3 Å². The summed E-state index contributed by atoms with van der Waals surface area (Å²) in [5.74, 6) is 0.342. The maximum Gasteiger partial charge on any atom is 0.350 e. The summed E-state index contributed by atoms with van der Waals surface area (Å²) in [6.45, 7) is -1.14. The normalized spacial score (nSPS) is 14.9. The van der Waals surface area contributed by atoms with Crippen molar-refractivity contribution >= 4 is 17.0 Å². The van der Waals surface area contributed by atoms with Crippen LogP contribution < -0.4 is 0 Å². The number of amides is 1. The van der Waals surface area contributed by atoms with Crippen LogP contribution in [-0.2, 0) is 7.05 Å². The highest BCUT2D eigenvalue weighted by Gasteiger charge is 2.32. The minimum absolute atomic E-state index is 0.177. The van der Waals surface area contributed by atoms with Gasteiger partial charge in [-0.15, -0.1) is 10.2 Å². The lowest BCUT2D eigenvalue weighted by Gasteiger charge is -2.38. The van der Waals surface area contributed by atoms with Crippen LogP contribution in [0.1, 0.15) is 34.5 Å². The van der Waals surface area contributed by atoms with Gasteiger partial charge >= 0.3 is 6.55 Å². The second-order valence-electron chi connectivity index (χ2n) is 10.4. The Morgan fingerprint density at radius 3 is 2.52 bits per heavy atom. The second kappa shape index (κ2) is 11.4. The first-order chi connectivity index (χ1) is 21.4. The molecule has 6 aromatic rings. The molecule has 1 amide bonds. The van der Waals surface area contributed by atoms with Gasteiger partial charge in [-0.1, -0.05) is 41.2 Å². The molecule has 0 spiro atoms. The Labute approximate surface area is 249 Å². The van der Waals surface area contributed by atoms with Gasteiger partial charge in [0, 0.05) is 50.6 Å². The number of pyridine rings is 1. The number of carbonyl (C=O) groups is 1. The molecule has 0 bridgehead atoms. The molecule has 1 aliphatic heterocycles. The van der Waals surface area contributed by atoms with E-state index < -0.39 is 12.6 Å². The Hall–Kier alpha value is -5.37. The Morgan fingerprint density at radius 2 is 1.80 bits per heavy atom. The van der Waals surface area contributed by atoms with Crippen LogP contribution >= 0.6 is 0 Å². The van der Waals surface area contributed by atoms with Crippen molar-refractivity contribution in [3.8, 4) is 22.7 Å². The fourth-order valence-corrected chi connectivity index (χ4v) is 5.46. The van der Waals surface area contributed by atoms with Crippen LogP contribution in [0.15, 0.2) is 83.8 Å². The van der Waals surface area contributed by atoms with Crippen molar-refractivity contribution in [2.24, 2.45) is 7.05 Å². The number of oxazole rings is 1. The third kappa shape index (κ3) is 5.19. The lowest BCUT2D eigenvalue weighted by molar-refractivity contribution is 0.0385. The van der Waals surface area contributed by atoms with Crippen LogP contribution in [0.3, 0.4) is 0 Å². The number of fused-ring (bicyclic) bond motifs is 1. The highest BCUT2D eigenvalue weighted by molar-refractivity contribution is 5.93. The van der Waals surface area contributed by atoms with Crippen LogP contribution in [0.5, 0.6) is 0 Å². The molecule has 5 heterocycles. The number of hydrogen-bond acceptors (Lipinski definition) is 9. The van der Waals surface area contributed by atoms with E-state index >= 15 is 0 Å². The molecule has 0 radical (unpaired) electrons. The summed E-state index contributed by atoms with van der Waals surface area (Å²) in [5.41, 5.74) is 4.98. The summed E-state index contributed by atoms with van der Waals surface area (Å²) in [5, 5.41) is 11.4. The number of aryl methyl sites for hydroxylation is 1. The highest BCUT2D eigenvalue weighted by Crippen LogP contribution is 2.30. The van der Waals surface area contributed by atoms with Crippen molar-refractivity contribution in [1.29, 1.82) is 0 Å². The van der Waals surface area contributed by atoms with E-state index in [0.717, 1.165) is 16.8 Å². The van der Waals surface area contributed by atoms with Crippen molar-refractivity contribution in [3.05, 3.63) is 96.5 Å². The average Bonchev–Trinajstić information content (AvgIpc) is 3.82. The number of alkyl halides is 2. The summed E-state index contributed by atoms with van der Waals surface area (Å²) in [6.07, 6.45) is 5.09. The van der Waals surface area contributed by atoms with Crippen LogP contribution in [0.25, 0.3) is 33.8 Å². The van der Waals surface area contributed by atoms with Gasteiger partial charge < -0.3 is 13.9 Å². The number of hydrogen-bond donors (Lipinski definition) is 0. The van der Waals surface area contributed by atoms with Crippen LogP contribution in [0.2, 0.25) is 0 Å². The van der Waals surface area contributed by atoms with Gasteiger partial charge in [0.25, 0.3) is 5.91 Å². The molecule has 12 nitrogen and oxygen atoms in total. The van der Waals surface area contributed by atoms with E-state index in [-0.39, 0.29) is 17.4 Å². The van der Waals surface area contributed by atoms with Crippen molar-refractivity contribution in [2.45, 2.75) is 12.6 Å². The molecule has 0 aliphatic carbocycles. The van der Waals surface area contributed by atoms with E-state index in [9.17, 15) is 13.6 Å². The predicted octanol–water partition coefficient (Wildman–Crippen LogP) is 4.22. The van der Waals surface area contributed by atoms with Gasteiger partial charge in [-0.3, -0.25) is 14.7 Å². The largest absolute Gasteiger partial charge is 0.436 e. The van der Waals surface area contributed by atoms with Crippen LogP contribution in [0.4, 0.5) is 8.78 Å². The van der Waals surface area contributed by atoms with Gasteiger partial charge in [0.05, 0.1) is 24.3 Å². The summed E-state index contributed by atoms with van der Waals surface area (Å²) in [4.78, 5) is 30.8. The van der Waals surface area contributed by atoms with Gasteiger partial charge in [0.15, 0.2) is 11.4 Å². The number of tetrazole rings is 1. The zero-order chi connectivity index (χ0) is 30.2. The highest BCUT2D eigenvalue weighted by atomic mass is 19.3. The molecule has 0 N–H and O–H groups in total. The maximum atomic E-state index is 13.5. The third-order valence-electron chi connectivity index (χ3n) is 7.67. The van der Waals surface area contributed by atoms with Gasteiger partial charge in [-0.2, -0.15) is 8.78 Å². The summed E-state index contributed by atoms with van der Waals surface area (Å²) < 4.78 is 34.4. The third-order valence-corrected chi connectivity index (χ3v) is 7.67. The molecule has 222 valence electrons. The molecule has 4 aromatic heterocycles. The number of piperazine rings is 1. The molecule has 14 heteroatoms. The number of rotatable bonds is 7. The molecule has 1 fully saturated rings. The Balaban J connectivity index is 1.08. The predicted molar refractivity (Wildman–Crippen MR) is 154 cm³/mol. The van der Waals surface area contributed by atoms with Crippen molar-refractivity contribution in [1.82, 2.24) is 49.5 Å². The molecule has 7 rings (SSSR count). The quantitative estimate of drug-likeness (QED) is 0.266. The lowest BCUT2D eigenvalue weighted by Crippen LogP contribution is -2.50. The molecule has 1 saturated heterocycles. The summed E-state index contributed by atoms with van der Waals surface area (Å²) in [7, 11) is 1.93. The SMILES string of the molecule is Cn1cncc1-c1ccc2nc(-c3ccnc(C(=O)N4CCN([C@@H](c5ccccc5)c5nnn(C(F)F)n5)CC4)c3)oc2c1. The first-order valence-corrected chi connectivity index (χ1v) is 13.9. The molecule has 1 atom stereocenters. The zero-order valence-electron chi connectivity index (χ0n) is 23.5. The van der Waals surface area contributed by atoms with Gasteiger partial charge in [0.2, 0.25) is 5.89 Å². The molecule has 1 aliphatic rings. The first kappa shape index (κ1) is 27.5. The van der Waals surface area contributed by atoms with Crippen molar-refractivity contribution in [3.63, 3.8) is 0 Å². The number of carbonyl (C=O) groups excluding carboxylic acids is 1. The van der Waals surface area contributed by atoms with E-state index in [1.165, 1.54) is 0 Å². The number of halogens is 2. The maximum absolute atomic E-state index is 13.5. The average molecular weight is 597 g/mol. The molecule has 0 unspecified atom stereocenters. The fourth-order valence-electron chi connectivity index (χ4n) is 5.46. The fraction of sp³-hybridized carbons (Fsp3) is 0.233. The first-order valence-electron chi connectivity index (χ1n) is 13.9. The van der Waals surface area contributed by atoms with Gasteiger partial charge in [-0.05, 0) is 35.0 Å². The molecular weight excluding hydrogens is 570 g/mol. The Kier molecular flexibility index (Phi) is 7.10. The number of aromatic nitrogens is 8. The van der Waals surface area contributed by atoms with Gasteiger partial charge in [-0.25, -0.2) is 9.97 Å². The minimum Gasteiger partial charge on any atom is -0.436 e. The Morgan fingerprint density at radius 1 is 0.977 bits per heavy atom. The van der Waals surface area contributed by atoms with E-state index in [0.29, 0.717) is 53.5 Å².